The maximum atomic E-state index is 12.5. The van der Waals surface area contributed by atoms with Gasteiger partial charge in [0.25, 0.3) is 0 Å². The van der Waals surface area contributed by atoms with E-state index in [0.29, 0.717) is 28.9 Å². The zero-order valence-corrected chi connectivity index (χ0v) is 16.0. The number of ether oxygens (including phenoxy) is 2. The van der Waals surface area contributed by atoms with Crippen molar-refractivity contribution in [1.82, 2.24) is 9.97 Å². The molecule has 0 aliphatic carbocycles. The number of halogens is 1. The van der Waals surface area contributed by atoms with Gasteiger partial charge < -0.3 is 9.47 Å². The summed E-state index contributed by atoms with van der Waals surface area (Å²) in [6, 6.07) is 14.6. The van der Waals surface area contributed by atoms with E-state index >= 15 is 0 Å². The lowest BCUT2D eigenvalue weighted by molar-refractivity contribution is -0.117. The first-order valence-corrected chi connectivity index (χ1v) is 9.23. The van der Waals surface area contributed by atoms with E-state index in [9.17, 15) is 4.79 Å². The Morgan fingerprint density at radius 2 is 1.89 bits per heavy atom. The first-order valence-electron chi connectivity index (χ1n) is 8.85. The van der Waals surface area contributed by atoms with E-state index in [-0.39, 0.29) is 11.9 Å². The van der Waals surface area contributed by atoms with Gasteiger partial charge in [-0.15, -0.1) is 0 Å². The van der Waals surface area contributed by atoms with Crippen molar-refractivity contribution in [2.75, 3.05) is 12.0 Å². The van der Waals surface area contributed by atoms with Crippen LogP contribution in [0.15, 0.2) is 60.9 Å². The Morgan fingerprint density at radius 1 is 1.07 bits per heavy atom. The van der Waals surface area contributed by atoms with Crippen LogP contribution in [0.3, 0.4) is 0 Å². The van der Waals surface area contributed by atoms with Crippen molar-refractivity contribution in [2.45, 2.75) is 18.9 Å². The molecule has 0 N–H and O–H groups in total. The Balaban J connectivity index is 1.56. The predicted octanol–water partition coefficient (Wildman–Crippen LogP) is 4.80. The van der Waals surface area contributed by atoms with Crippen molar-refractivity contribution in [3.05, 3.63) is 71.5 Å². The number of aromatic nitrogens is 2. The van der Waals surface area contributed by atoms with Crippen LogP contribution in [0.5, 0.6) is 17.4 Å². The molecule has 1 saturated heterocycles. The van der Waals surface area contributed by atoms with E-state index in [2.05, 4.69) is 9.97 Å². The van der Waals surface area contributed by atoms with Gasteiger partial charge in [0.15, 0.2) is 5.82 Å². The lowest BCUT2D eigenvalue weighted by atomic mass is 10.0. The van der Waals surface area contributed by atoms with Gasteiger partial charge in [0.1, 0.15) is 11.5 Å². The molecule has 1 atom stereocenters. The second-order valence-electron chi connectivity index (χ2n) is 6.36. The van der Waals surface area contributed by atoms with Crippen LogP contribution in [0.1, 0.15) is 24.4 Å². The largest absolute Gasteiger partial charge is 0.497 e. The van der Waals surface area contributed by atoms with Crippen molar-refractivity contribution >= 4 is 23.3 Å². The van der Waals surface area contributed by atoms with E-state index in [0.717, 1.165) is 17.7 Å². The van der Waals surface area contributed by atoms with Crippen molar-refractivity contribution < 1.29 is 14.3 Å². The molecule has 1 amide bonds. The molecule has 0 radical (unpaired) electrons. The third-order valence-electron chi connectivity index (χ3n) is 4.59. The third-order valence-corrected chi connectivity index (χ3v) is 4.84. The molecule has 0 spiro atoms. The average molecular weight is 396 g/mol. The van der Waals surface area contributed by atoms with E-state index in [1.54, 1.807) is 42.5 Å². The van der Waals surface area contributed by atoms with Crippen molar-refractivity contribution in [3.63, 3.8) is 0 Å². The number of hydrogen-bond donors (Lipinski definition) is 0. The molecular formula is C21H18ClN3O3. The fourth-order valence-electron chi connectivity index (χ4n) is 3.25. The number of amides is 1. The Morgan fingerprint density at radius 3 is 2.61 bits per heavy atom. The Labute approximate surface area is 167 Å². The second-order valence-corrected chi connectivity index (χ2v) is 6.80. The predicted molar refractivity (Wildman–Crippen MR) is 106 cm³/mol. The molecule has 1 aromatic heterocycles. The van der Waals surface area contributed by atoms with Crippen LogP contribution in [0.2, 0.25) is 5.02 Å². The number of carbonyl (C=O) groups is 1. The standard InChI is InChI=1S/C21H18ClN3O3/c1-27-17-4-2-3-14(11-17)18-9-10-21(26)25(18)19-12-24-20(13-23-19)28-16-7-5-15(22)6-8-16/h2-8,11-13,18H,9-10H2,1H3/t18-/m1/s1. The van der Waals surface area contributed by atoms with Crippen molar-refractivity contribution in [2.24, 2.45) is 0 Å². The summed E-state index contributed by atoms with van der Waals surface area (Å²) < 4.78 is 11.0. The van der Waals surface area contributed by atoms with Crippen LogP contribution >= 0.6 is 11.6 Å². The van der Waals surface area contributed by atoms with Gasteiger partial charge in [0, 0.05) is 11.4 Å². The zero-order valence-electron chi connectivity index (χ0n) is 15.2. The third kappa shape index (κ3) is 3.77. The summed E-state index contributed by atoms with van der Waals surface area (Å²) in [4.78, 5) is 22.9. The SMILES string of the molecule is COc1cccc([C@H]2CCC(=O)N2c2cnc(Oc3ccc(Cl)cc3)cn2)c1. The normalized spacial score (nSPS) is 16.3. The second kappa shape index (κ2) is 7.86. The topological polar surface area (TPSA) is 64.5 Å². The summed E-state index contributed by atoms with van der Waals surface area (Å²) in [5, 5.41) is 0.630. The van der Waals surface area contributed by atoms with Crippen molar-refractivity contribution in [1.29, 1.82) is 0 Å². The summed E-state index contributed by atoms with van der Waals surface area (Å²) >= 11 is 5.88. The number of rotatable bonds is 5. The van der Waals surface area contributed by atoms with Gasteiger partial charge >= 0.3 is 0 Å². The monoisotopic (exact) mass is 395 g/mol. The molecular weight excluding hydrogens is 378 g/mol. The Hall–Kier alpha value is -3.12. The molecule has 4 rings (SSSR count). The lowest BCUT2D eigenvalue weighted by Gasteiger charge is -2.24. The van der Waals surface area contributed by atoms with Crippen LogP contribution in [0, 0.1) is 0 Å². The van der Waals surface area contributed by atoms with Gasteiger partial charge in [0.05, 0.1) is 25.5 Å². The van der Waals surface area contributed by atoms with E-state index in [1.807, 2.05) is 24.3 Å². The highest BCUT2D eigenvalue weighted by atomic mass is 35.5. The number of anilines is 1. The van der Waals surface area contributed by atoms with Crippen LogP contribution in [0.4, 0.5) is 5.82 Å². The number of benzene rings is 2. The molecule has 6 nitrogen and oxygen atoms in total. The minimum absolute atomic E-state index is 0.0217. The molecule has 1 fully saturated rings. The maximum absolute atomic E-state index is 12.5. The van der Waals surface area contributed by atoms with Gasteiger partial charge in [-0.1, -0.05) is 23.7 Å². The summed E-state index contributed by atoms with van der Waals surface area (Å²) in [7, 11) is 1.63. The summed E-state index contributed by atoms with van der Waals surface area (Å²) in [5.74, 6) is 2.23. The van der Waals surface area contributed by atoms with Crippen molar-refractivity contribution in [3.8, 4) is 17.4 Å². The van der Waals surface area contributed by atoms with Gasteiger partial charge in [-0.05, 0) is 48.4 Å². The summed E-state index contributed by atoms with van der Waals surface area (Å²) in [5.41, 5.74) is 1.01. The highest BCUT2D eigenvalue weighted by Crippen LogP contribution is 2.37. The molecule has 0 saturated carbocycles. The first-order chi connectivity index (χ1) is 13.6. The quantitative estimate of drug-likeness (QED) is 0.621. The molecule has 1 aliphatic heterocycles. The average Bonchev–Trinajstić information content (AvgIpc) is 3.12. The minimum Gasteiger partial charge on any atom is -0.497 e. The van der Waals surface area contributed by atoms with Crippen LogP contribution in [0.25, 0.3) is 0 Å². The fourth-order valence-corrected chi connectivity index (χ4v) is 3.37. The maximum Gasteiger partial charge on any atom is 0.237 e. The molecule has 0 bridgehead atoms. The van der Waals surface area contributed by atoms with Gasteiger partial charge in [-0.25, -0.2) is 9.97 Å². The van der Waals surface area contributed by atoms with Crippen LogP contribution in [-0.4, -0.2) is 23.0 Å². The molecule has 7 heteroatoms. The molecule has 142 valence electrons. The minimum atomic E-state index is -0.0973. The molecule has 28 heavy (non-hydrogen) atoms. The Bertz CT molecular complexity index is 977. The lowest BCUT2D eigenvalue weighted by Crippen LogP contribution is -2.28. The number of methoxy groups -OCH3 is 1. The van der Waals surface area contributed by atoms with Gasteiger partial charge in [-0.3, -0.25) is 9.69 Å². The highest BCUT2D eigenvalue weighted by Gasteiger charge is 2.34. The van der Waals surface area contributed by atoms with E-state index in [1.165, 1.54) is 6.20 Å². The van der Waals surface area contributed by atoms with E-state index < -0.39 is 0 Å². The van der Waals surface area contributed by atoms with Gasteiger partial charge in [-0.2, -0.15) is 0 Å². The zero-order chi connectivity index (χ0) is 19.5. The fraction of sp³-hybridized carbons (Fsp3) is 0.190. The molecule has 1 aliphatic rings. The highest BCUT2D eigenvalue weighted by molar-refractivity contribution is 6.30. The Kier molecular flexibility index (Phi) is 5.12. The summed E-state index contributed by atoms with van der Waals surface area (Å²) in [6.45, 7) is 0. The molecule has 3 aromatic rings. The van der Waals surface area contributed by atoms with Crippen LogP contribution < -0.4 is 14.4 Å². The van der Waals surface area contributed by atoms with Gasteiger partial charge in [0.2, 0.25) is 11.8 Å². The number of nitrogens with zero attached hydrogens (tertiary/aromatic N) is 3. The number of carbonyl (C=O) groups excluding carboxylic acids is 1. The summed E-state index contributed by atoms with van der Waals surface area (Å²) in [6.07, 6.45) is 4.25. The molecule has 0 unspecified atom stereocenters. The van der Waals surface area contributed by atoms with E-state index in [4.69, 9.17) is 21.1 Å². The smallest absolute Gasteiger partial charge is 0.237 e. The first kappa shape index (κ1) is 18.3. The molecule has 2 aromatic carbocycles. The molecule has 2 heterocycles. The number of hydrogen-bond acceptors (Lipinski definition) is 5. The van der Waals surface area contributed by atoms with Crippen LogP contribution in [-0.2, 0) is 4.79 Å².